The molecule has 4 nitrogen and oxygen atoms in total. The van der Waals surface area contributed by atoms with E-state index in [2.05, 4.69) is 6.07 Å². The molecule has 0 unspecified atom stereocenters. The van der Waals surface area contributed by atoms with Crippen LogP contribution in [0.5, 0.6) is 11.5 Å². The van der Waals surface area contributed by atoms with E-state index in [1.807, 2.05) is 19.1 Å². The summed E-state index contributed by atoms with van der Waals surface area (Å²) in [7, 11) is 0. The molecule has 0 aliphatic carbocycles. The average molecular weight is 433 g/mol. The summed E-state index contributed by atoms with van der Waals surface area (Å²) in [4.78, 5) is 0. The molecule has 0 aliphatic heterocycles. The molecule has 31 heavy (non-hydrogen) atoms. The molecular formula is C25H18ClFN2O2. The van der Waals surface area contributed by atoms with E-state index in [4.69, 9.17) is 21.1 Å². The van der Waals surface area contributed by atoms with E-state index in [9.17, 15) is 14.9 Å². The Kier molecular flexibility index (Phi) is 7.27. The maximum atomic E-state index is 14.1. The minimum Gasteiger partial charge on any atom is -0.490 e. The molecule has 0 saturated heterocycles. The maximum Gasteiger partial charge on any atom is 0.180 e. The van der Waals surface area contributed by atoms with Crippen LogP contribution >= 0.6 is 11.6 Å². The van der Waals surface area contributed by atoms with Crippen LogP contribution in [0.3, 0.4) is 0 Å². The van der Waals surface area contributed by atoms with Crippen LogP contribution in [-0.2, 0) is 6.61 Å². The zero-order valence-corrected chi connectivity index (χ0v) is 17.5. The zero-order chi connectivity index (χ0) is 22.2. The third-order valence-corrected chi connectivity index (χ3v) is 4.72. The lowest BCUT2D eigenvalue weighted by molar-refractivity contribution is 0.269. The first-order valence-electron chi connectivity index (χ1n) is 9.51. The third kappa shape index (κ3) is 5.22. The highest BCUT2D eigenvalue weighted by Crippen LogP contribution is 2.38. The summed E-state index contributed by atoms with van der Waals surface area (Å²) in [5.41, 5.74) is 2.16. The fourth-order valence-electron chi connectivity index (χ4n) is 3.00. The highest BCUT2D eigenvalue weighted by Gasteiger charge is 2.15. The van der Waals surface area contributed by atoms with E-state index in [1.165, 1.54) is 6.07 Å². The van der Waals surface area contributed by atoms with Gasteiger partial charge in [-0.15, -0.1) is 0 Å². The van der Waals surface area contributed by atoms with Gasteiger partial charge in [0.2, 0.25) is 0 Å². The summed E-state index contributed by atoms with van der Waals surface area (Å²) in [5.74, 6) is 0.238. The smallest absolute Gasteiger partial charge is 0.180 e. The van der Waals surface area contributed by atoms with Gasteiger partial charge in [-0.2, -0.15) is 10.5 Å². The second-order valence-electron chi connectivity index (χ2n) is 6.47. The van der Waals surface area contributed by atoms with Crippen molar-refractivity contribution in [2.24, 2.45) is 0 Å². The lowest BCUT2D eigenvalue weighted by atomic mass is 10.0. The summed E-state index contributed by atoms with van der Waals surface area (Å²) < 4.78 is 25.7. The zero-order valence-electron chi connectivity index (χ0n) is 16.7. The minimum absolute atomic E-state index is 0.136. The van der Waals surface area contributed by atoms with Gasteiger partial charge in [-0.1, -0.05) is 48.0 Å². The van der Waals surface area contributed by atoms with Crippen molar-refractivity contribution in [2.45, 2.75) is 13.5 Å². The summed E-state index contributed by atoms with van der Waals surface area (Å²) in [6, 6.07) is 20.6. The topological polar surface area (TPSA) is 66.0 Å². The van der Waals surface area contributed by atoms with Gasteiger partial charge in [0.25, 0.3) is 0 Å². The van der Waals surface area contributed by atoms with E-state index in [1.54, 1.807) is 54.6 Å². The average Bonchev–Trinajstić information content (AvgIpc) is 2.78. The number of ether oxygens (including phenoxy) is 2. The summed E-state index contributed by atoms with van der Waals surface area (Å²) >= 11 is 6.46. The predicted octanol–water partition coefficient (Wildman–Crippen LogP) is 6.39. The Bertz CT molecular complexity index is 1210. The molecule has 3 aromatic rings. The van der Waals surface area contributed by atoms with Gasteiger partial charge in [0, 0.05) is 11.1 Å². The monoisotopic (exact) mass is 432 g/mol. The van der Waals surface area contributed by atoms with Gasteiger partial charge in [0.05, 0.1) is 34.9 Å². The molecular weight excluding hydrogens is 415 g/mol. The molecule has 154 valence electrons. The normalized spacial score (nSPS) is 10.8. The second-order valence-corrected chi connectivity index (χ2v) is 6.88. The van der Waals surface area contributed by atoms with E-state index >= 15 is 0 Å². The Morgan fingerprint density at radius 2 is 1.81 bits per heavy atom. The molecule has 6 heteroatoms. The molecule has 0 radical (unpaired) electrons. The molecule has 0 fully saturated rings. The minimum atomic E-state index is -0.484. The molecule has 3 aromatic carbocycles. The van der Waals surface area contributed by atoms with Crippen molar-refractivity contribution in [2.75, 3.05) is 6.61 Å². The number of hydrogen-bond donors (Lipinski definition) is 0. The highest BCUT2D eigenvalue weighted by molar-refractivity contribution is 6.32. The second kappa shape index (κ2) is 10.3. The van der Waals surface area contributed by atoms with Gasteiger partial charge in [-0.25, -0.2) is 4.39 Å². The van der Waals surface area contributed by atoms with E-state index in [0.29, 0.717) is 29.2 Å². The molecule has 0 amide bonds. The molecule has 0 spiro atoms. The number of hydrogen-bond acceptors (Lipinski definition) is 4. The molecule has 0 bridgehead atoms. The number of benzene rings is 3. The van der Waals surface area contributed by atoms with Crippen LogP contribution in [0.25, 0.3) is 11.6 Å². The maximum absolute atomic E-state index is 14.1. The van der Waals surface area contributed by atoms with Gasteiger partial charge in [-0.3, -0.25) is 0 Å². The van der Waals surface area contributed by atoms with Gasteiger partial charge in [-0.05, 0) is 42.8 Å². The number of nitriles is 2. The summed E-state index contributed by atoms with van der Waals surface area (Å²) in [5, 5.41) is 19.0. The first-order valence-corrected chi connectivity index (χ1v) is 9.89. The van der Waals surface area contributed by atoms with Gasteiger partial charge in [0.1, 0.15) is 12.4 Å². The van der Waals surface area contributed by atoms with Crippen LogP contribution in [0.15, 0.2) is 60.7 Å². The van der Waals surface area contributed by atoms with Crippen molar-refractivity contribution in [1.82, 2.24) is 0 Å². The fraction of sp³-hybridized carbons (Fsp3) is 0.120. The third-order valence-electron chi connectivity index (χ3n) is 4.44. The molecule has 0 heterocycles. The van der Waals surface area contributed by atoms with Crippen molar-refractivity contribution in [3.63, 3.8) is 0 Å². The van der Waals surface area contributed by atoms with Gasteiger partial charge < -0.3 is 9.47 Å². The van der Waals surface area contributed by atoms with Crippen LogP contribution < -0.4 is 9.47 Å². The summed E-state index contributed by atoms with van der Waals surface area (Å²) in [6.45, 7) is 2.33. The lowest BCUT2D eigenvalue weighted by Gasteiger charge is -2.15. The number of rotatable bonds is 7. The van der Waals surface area contributed by atoms with E-state index in [-0.39, 0.29) is 22.8 Å². The Hall–Kier alpha value is -3.80. The lowest BCUT2D eigenvalue weighted by Crippen LogP contribution is -2.02. The SMILES string of the molecule is CCOc1cc(C=C(C#N)c2ccccc2F)cc(Cl)c1OCc1ccccc1C#N. The Morgan fingerprint density at radius 1 is 1.06 bits per heavy atom. The van der Waals surface area contributed by atoms with Crippen molar-refractivity contribution in [1.29, 1.82) is 10.5 Å². The van der Waals surface area contributed by atoms with Crippen LogP contribution in [0.1, 0.15) is 29.2 Å². The van der Waals surface area contributed by atoms with Crippen molar-refractivity contribution in [3.8, 4) is 23.6 Å². The van der Waals surface area contributed by atoms with Gasteiger partial charge in [0.15, 0.2) is 11.5 Å². The van der Waals surface area contributed by atoms with E-state index in [0.717, 1.165) is 5.56 Å². The van der Waals surface area contributed by atoms with Crippen molar-refractivity contribution < 1.29 is 13.9 Å². The Balaban J connectivity index is 1.96. The van der Waals surface area contributed by atoms with Crippen LogP contribution in [0.2, 0.25) is 5.02 Å². The van der Waals surface area contributed by atoms with Crippen molar-refractivity contribution in [3.05, 3.63) is 93.8 Å². The standard InChI is InChI=1S/C25H18ClFN2O2/c1-2-30-24-13-17(11-20(15-29)21-9-5-6-10-23(21)27)12-22(26)25(24)31-16-19-8-4-3-7-18(19)14-28/h3-13H,2,16H2,1H3. The Morgan fingerprint density at radius 3 is 2.52 bits per heavy atom. The molecule has 0 aromatic heterocycles. The first-order chi connectivity index (χ1) is 15.1. The number of allylic oxidation sites excluding steroid dienone is 1. The number of halogens is 2. The molecule has 0 atom stereocenters. The highest BCUT2D eigenvalue weighted by atomic mass is 35.5. The largest absolute Gasteiger partial charge is 0.490 e. The first kappa shape index (κ1) is 21.9. The predicted molar refractivity (Wildman–Crippen MR) is 118 cm³/mol. The molecule has 0 N–H and O–H groups in total. The van der Waals surface area contributed by atoms with Crippen LogP contribution in [0.4, 0.5) is 4.39 Å². The molecule has 3 rings (SSSR count). The Labute approximate surface area is 185 Å². The molecule has 0 aliphatic rings. The van der Waals surface area contributed by atoms with Crippen molar-refractivity contribution >= 4 is 23.3 Å². The fourth-order valence-corrected chi connectivity index (χ4v) is 3.27. The van der Waals surface area contributed by atoms with Gasteiger partial charge >= 0.3 is 0 Å². The van der Waals surface area contributed by atoms with Crippen LogP contribution in [-0.4, -0.2) is 6.61 Å². The summed E-state index contributed by atoms with van der Waals surface area (Å²) in [6.07, 6.45) is 1.54. The molecule has 0 saturated carbocycles. The quantitative estimate of drug-likeness (QED) is 0.320. The van der Waals surface area contributed by atoms with Crippen LogP contribution in [0, 0.1) is 28.5 Å². The van der Waals surface area contributed by atoms with E-state index < -0.39 is 5.82 Å². The number of nitrogens with zero attached hydrogens (tertiary/aromatic N) is 2.